The Kier molecular flexibility index (Phi) is 6.13. The van der Waals surface area contributed by atoms with Crippen LogP contribution >= 0.6 is 0 Å². The van der Waals surface area contributed by atoms with Gasteiger partial charge in [0.05, 0.1) is 5.66 Å². The van der Waals surface area contributed by atoms with Crippen LogP contribution in [0.1, 0.15) is 55.4 Å². The average Bonchev–Trinajstić information content (AvgIpc) is 3.30. The number of fused-ring (bicyclic) bond motifs is 5. The second kappa shape index (κ2) is 8.78. The third-order valence-electron chi connectivity index (χ3n) is 10.6. The maximum atomic E-state index is 4.08. The van der Waals surface area contributed by atoms with E-state index >= 15 is 0 Å². The largest absolute Gasteiger partial charge is 0.299 e. The van der Waals surface area contributed by atoms with Crippen molar-refractivity contribution in [3.8, 4) is 0 Å². The Labute approximate surface area is 238 Å². The molecule has 1 aromatic rings. The van der Waals surface area contributed by atoms with Crippen LogP contribution in [0.3, 0.4) is 0 Å². The fourth-order valence-corrected chi connectivity index (χ4v) is 14.3. The maximum absolute atomic E-state index is 4.08. The standard InChI is InChI=1S/C36H50N2Si/c1-34(2,3)25-15-17-27-28-18-16-26(35(4,5)6)22-30(28)33(29(27)21-25)39(9,10)38-32-20-24-14-12-11-13-23(24)19-31(32)37-36(38,7)8/h11-22,27-33,37H,1-10H3/t27?,28?,29?,30?,31?,32-,33?/m1/s1. The molecule has 5 unspecified atom stereocenters. The summed E-state index contributed by atoms with van der Waals surface area (Å²) in [5.41, 5.74) is 3.96. The third kappa shape index (κ3) is 4.35. The minimum absolute atomic E-state index is 0.0597. The van der Waals surface area contributed by atoms with Gasteiger partial charge in [-0.05, 0) is 75.5 Å². The van der Waals surface area contributed by atoms with Crippen LogP contribution in [-0.2, 0) is 0 Å². The van der Waals surface area contributed by atoms with Gasteiger partial charge in [0.25, 0.3) is 0 Å². The zero-order chi connectivity index (χ0) is 28.1. The van der Waals surface area contributed by atoms with Gasteiger partial charge >= 0.3 is 0 Å². The molecule has 1 aliphatic heterocycles. The Balaban J connectivity index is 1.50. The van der Waals surface area contributed by atoms with Crippen molar-refractivity contribution in [1.29, 1.82) is 0 Å². The first kappa shape index (κ1) is 27.2. The molecular weight excluding hydrogens is 488 g/mol. The summed E-state index contributed by atoms with van der Waals surface area (Å²) in [4.78, 5) is 0. The molecule has 39 heavy (non-hydrogen) atoms. The summed E-state index contributed by atoms with van der Waals surface area (Å²) in [6, 6.07) is 9.68. The van der Waals surface area contributed by atoms with Gasteiger partial charge in [0.1, 0.15) is 8.24 Å². The van der Waals surface area contributed by atoms with E-state index in [2.05, 4.69) is 151 Å². The SMILES string of the molecule is CC(C)(C)C1=CC2C(C=C1)C1C=CC(C(C)(C)C)=CC1C2[Si](C)(C)N1[C@@H]2C=c3ccccc3=CC2NC1(C)C. The van der Waals surface area contributed by atoms with Crippen molar-refractivity contribution in [1.82, 2.24) is 9.88 Å². The van der Waals surface area contributed by atoms with Crippen molar-refractivity contribution in [3.05, 3.63) is 82.3 Å². The number of benzene rings is 1. The first-order valence-electron chi connectivity index (χ1n) is 15.3. The molecule has 1 aromatic carbocycles. The van der Waals surface area contributed by atoms with Crippen molar-refractivity contribution in [3.63, 3.8) is 0 Å². The second-order valence-corrected chi connectivity index (χ2v) is 20.5. The van der Waals surface area contributed by atoms with Crippen LogP contribution in [0.5, 0.6) is 0 Å². The fourth-order valence-electron chi connectivity index (χ4n) is 8.96. The van der Waals surface area contributed by atoms with E-state index in [0.717, 1.165) is 0 Å². The summed E-state index contributed by atoms with van der Waals surface area (Å²) in [5, 5.41) is 6.84. The lowest BCUT2D eigenvalue weighted by Crippen LogP contribution is -2.64. The lowest BCUT2D eigenvalue weighted by atomic mass is 9.74. The molecule has 0 spiro atoms. The molecule has 0 aromatic heterocycles. The minimum Gasteiger partial charge on any atom is -0.299 e. The molecule has 2 nitrogen and oxygen atoms in total. The summed E-state index contributed by atoms with van der Waals surface area (Å²) < 4.78 is 2.99. The molecule has 0 radical (unpaired) electrons. The molecule has 5 aliphatic rings. The predicted octanol–water partition coefficient (Wildman–Crippen LogP) is 6.78. The monoisotopic (exact) mass is 538 g/mol. The van der Waals surface area contributed by atoms with Gasteiger partial charge in [-0.25, -0.2) is 0 Å². The highest BCUT2D eigenvalue weighted by Crippen LogP contribution is 2.61. The highest BCUT2D eigenvalue weighted by atomic mass is 28.3. The Hall–Kier alpha value is -1.94. The van der Waals surface area contributed by atoms with Gasteiger partial charge in [-0.3, -0.25) is 9.88 Å². The van der Waals surface area contributed by atoms with Crippen molar-refractivity contribution in [2.24, 2.45) is 34.5 Å². The van der Waals surface area contributed by atoms with E-state index in [4.69, 9.17) is 0 Å². The highest BCUT2D eigenvalue weighted by molar-refractivity contribution is 6.76. The maximum Gasteiger partial charge on any atom is 0.129 e. The van der Waals surface area contributed by atoms with Crippen LogP contribution in [-0.4, -0.2) is 30.5 Å². The quantitative estimate of drug-likeness (QED) is 0.418. The molecule has 0 bridgehead atoms. The van der Waals surface area contributed by atoms with E-state index in [1.54, 1.807) is 0 Å². The summed E-state index contributed by atoms with van der Waals surface area (Å²) in [6.07, 6.45) is 20.6. The van der Waals surface area contributed by atoms with Gasteiger partial charge in [-0.15, -0.1) is 0 Å². The molecule has 208 valence electrons. The van der Waals surface area contributed by atoms with E-state index in [0.29, 0.717) is 41.3 Å². The van der Waals surface area contributed by atoms with Gasteiger partial charge in [-0.1, -0.05) is 128 Å². The topological polar surface area (TPSA) is 15.3 Å². The van der Waals surface area contributed by atoms with E-state index < -0.39 is 8.24 Å². The first-order chi connectivity index (χ1) is 18.1. The normalized spacial score (nSPS) is 35.2. The molecule has 1 heterocycles. The summed E-state index contributed by atoms with van der Waals surface area (Å²) in [5.74, 6) is 2.33. The minimum atomic E-state index is -2.03. The van der Waals surface area contributed by atoms with Crippen molar-refractivity contribution >= 4 is 20.4 Å². The van der Waals surface area contributed by atoms with Crippen LogP contribution in [0, 0.1) is 34.5 Å². The zero-order valence-corrected chi connectivity index (χ0v) is 26.9. The predicted molar refractivity (Wildman–Crippen MR) is 170 cm³/mol. The number of hydrogen-bond donors (Lipinski definition) is 1. The number of nitrogens with zero attached hydrogens (tertiary/aromatic N) is 1. The third-order valence-corrected chi connectivity index (χ3v) is 15.1. The highest BCUT2D eigenvalue weighted by Gasteiger charge is 2.61. The Morgan fingerprint density at radius 3 is 1.69 bits per heavy atom. The summed E-state index contributed by atoms with van der Waals surface area (Å²) >= 11 is 0. The van der Waals surface area contributed by atoms with Gasteiger partial charge in [0.2, 0.25) is 0 Å². The van der Waals surface area contributed by atoms with Crippen molar-refractivity contribution in [2.45, 2.75) is 91.8 Å². The molecule has 2 fully saturated rings. The lowest BCUT2D eigenvalue weighted by molar-refractivity contribution is 0.231. The van der Waals surface area contributed by atoms with E-state index in [1.165, 1.54) is 21.6 Å². The number of hydrogen-bond acceptors (Lipinski definition) is 2. The molecule has 6 atom stereocenters. The Morgan fingerprint density at radius 2 is 1.21 bits per heavy atom. The average molecular weight is 539 g/mol. The fraction of sp³-hybridized carbons (Fsp3) is 0.556. The Bertz CT molecular complexity index is 1350. The second-order valence-electron chi connectivity index (χ2n) is 16.0. The molecule has 4 aliphatic carbocycles. The first-order valence-corrected chi connectivity index (χ1v) is 18.3. The van der Waals surface area contributed by atoms with Crippen molar-refractivity contribution in [2.75, 3.05) is 0 Å². The summed E-state index contributed by atoms with van der Waals surface area (Å²) in [7, 11) is -2.03. The molecule has 1 N–H and O–H groups in total. The van der Waals surface area contributed by atoms with Crippen LogP contribution < -0.4 is 15.8 Å². The van der Waals surface area contributed by atoms with Gasteiger partial charge < -0.3 is 0 Å². The van der Waals surface area contributed by atoms with Gasteiger partial charge in [0, 0.05) is 12.1 Å². The van der Waals surface area contributed by atoms with E-state index in [-0.39, 0.29) is 16.5 Å². The Morgan fingerprint density at radius 1 is 0.718 bits per heavy atom. The van der Waals surface area contributed by atoms with Crippen LogP contribution in [0.15, 0.2) is 71.9 Å². The zero-order valence-electron chi connectivity index (χ0n) is 25.9. The van der Waals surface area contributed by atoms with Crippen LogP contribution in [0.2, 0.25) is 18.6 Å². The molecule has 6 rings (SSSR count). The smallest absolute Gasteiger partial charge is 0.129 e. The molecule has 1 saturated carbocycles. The van der Waals surface area contributed by atoms with Gasteiger partial charge in [-0.2, -0.15) is 0 Å². The number of nitrogens with one attached hydrogen (secondary N) is 1. The van der Waals surface area contributed by atoms with Gasteiger partial charge in [0.15, 0.2) is 0 Å². The number of rotatable bonds is 2. The van der Waals surface area contributed by atoms with Crippen molar-refractivity contribution < 1.29 is 0 Å². The lowest BCUT2D eigenvalue weighted by Gasteiger charge is -2.51. The number of allylic oxidation sites excluding steroid dienone is 8. The molecular formula is C36H50N2Si. The van der Waals surface area contributed by atoms with E-state index in [1.807, 2.05) is 0 Å². The molecule has 1 saturated heterocycles. The summed E-state index contributed by atoms with van der Waals surface area (Å²) in [6.45, 7) is 24.5. The van der Waals surface area contributed by atoms with Crippen LogP contribution in [0.25, 0.3) is 12.2 Å². The molecule has 0 amide bonds. The molecule has 3 heteroatoms. The van der Waals surface area contributed by atoms with E-state index in [9.17, 15) is 0 Å². The van der Waals surface area contributed by atoms with Crippen LogP contribution in [0.4, 0.5) is 0 Å².